The van der Waals surface area contributed by atoms with Crippen LogP contribution in [-0.4, -0.2) is 42.5 Å². The summed E-state index contributed by atoms with van der Waals surface area (Å²) in [4.78, 5) is 39.8. The Labute approximate surface area is 187 Å². The molecular weight excluding hydrogens is 406 g/mol. The molecule has 0 radical (unpaired) electrons. The number of methoxy groups -OCH3 is 1. The maximum atomic E-state index is 12.4. The smallest absolute Gasteiger partial charge is 0.328 e. The van der Waals surface area contributed by atoms with Crippen molar-refractivity contribution >= 4 is 28.7 Å². The number of H-pyrrole nitrogens is 1. The molecule has 0 saturated heterocycles. The molecule has 3 N–H and O–H groups in total. The fourth-order valence-corrected chi connectivity index (χ4v) is 3.60. The number of esters is 1. The van der Waals surface area contributed by atoms with Gasteiger partial charge in [0.15, 0.2) is 0 Å². The number of fused-ring (bicyclic) bond motifs is 1. The van der Waals surface area contributed by atoms with Crippen molar-refractivity contribution in [2.24, 2.45) is 0 Å². The molecule has 0 aliphatic rings. The Morgan fingerprint density at radius 1 is 0.969 bits per heavy atom. The SMILES string of the molecule is COC(=O)C(Cc1c[nH]c2ccccc12)NC(=O)CCCCCNC(=O)c1ccccc1. The number of benzene rings is 2. The molecule has 1 unspecified atom stereocenters. The highest BCUT2D eigenvalue weighted by atomic mass is 16.5. The van der Waals surface area contributed by atoms with Gasteiger partial charge in [0, 0.05) is 42.0 Å². The van der Waals surface area contributed by atoms with Gasteiger partial charge in [-0.25, -0.2) is 4.79 Å². The first-order valence-corrected chi connectivity index (χ1v) is 10.8. The Morgan fingerprint density at radius 2 is 1.72 bits per heavy atom. The minimum absolute atomic E-state index is 0.0958. The molecule has 1 heterocycles. The van der Waals surface area contributed by atoms with E-state index in [1.165, 1.54) is 7.11 Å². The number of carbonyl (C=O) groups is 3. The summed E-state index contributed by atoms with van der Waals surface area (Å²) < 4.78 is 4.89. The standard InChI is InChI=1S/C25H29N3O4/c1-32-25(31)22(16-19-17-27-21-13-8-7-12-20(19)21)28-23(29)14-6-3-9-15-26-24(30)18-10-4-2-5-11-18/h2,4-5,7-8,10-13,17,22,27H,3,6,9,14-16H2,1H3,(H,26,30)(H,28,29). The molecular formula is C25H29N3O4. The third kappa shape index (κ3) is 6.44. The van der Waals surface area contributed by atoms with Gasteiger partial charge in [-0.2, -0.15) is 0 Å². The molecule has 3 aromatic rings. The lowest BCUT2D eigenvalue weighted by Gasteiger charge is -2.16. The van der Waals surface area contributed by atoms with Crippen molar-refractivity contribution in [2.45, 2.75) is 38.1 Å². The van der Waals surface area contributed by atoms with Gasteiger partial charge in [0.25, 0.3) is 5.91 Å². The molecule has 0 aliphatic carbocycles. The molecule has 32 heavy (non-hydrogen) atoms. The number of ether oxygens (including phenoxy) is 1. The molecule has 2 amide bonds. The minimum atomic E-state index is -0.739. The summed E-state index contributed by atoms with van der Waals surface area (Å²) in [5, 5.41) is 6.70. The fraction of sp³-hybridized carbons (Fsp3) is 0.320. The highest BCUT2D eigenvalue weighted by molar-refractivity contribution is 5.94. The first kappa shape index (κ1) is 23.1. The van der Waals surface area contributed by atoms with Crippen LogP contribution in [0.25, 0.3) is 10.9 Å². The predicted octanol–water partition coefficient (Wildman–Crippen LogP) is 3.36. The van der Waals surface area contributed by atoms with Crippen LogP contribution in [0.5, 0.6) is 0 Å². The van der Waals surface area contributed by atoms with Crippen LogP contribution in [0.3, 0.4) is 0 Å². The van der Waals surface area contributed by atoms with Crippen LogP contribution >= 0.6 is 0 Å². The van der Waals surface area contributed by atoms with E-state index in [0.717, 1.165) is 29.3 Å². The van der Waals surface area contributed by atoms with Gasteiger partial charge in [-0.05, 0) is 36.6 Å². The first-order chi connectivity index (χ1) is 15.6. The van der Waals surface area contributed by atoms with Crippen LogP contribution in [0.15, 0.2) is 60.8 Å². The van der Waals surface area contributed by atoms with Crippen molar-refractivity contribution in [1.82, 2.24) is 15.6 Å². The quantitative estimate of drug-likeness (QED) is 0.318. The van der Waals surface area contributed by atoms with Crippen LogP contribution in [0.4, 0.5) is 0 Å². The highest BCUT2D eigenvalue weighted by Crippen LogP contribution is 2.19. The third-order valence-electron chi connectivity index (χ3n) is 5.32. The number of para-hydroxylation sites is 1. The van der Waals surface area contributed by atoms with Gasteiger partial charge in [-0.3, -0.25) is 9.59 Å². The lowest BCUT2D eigenvalue weighted by atomic mass is 10.0. The number of aromatic amines is 1. The number of hydrogen-bond acceptors (Lipinski definition) is 4. The van der Waals surface area contributed by atoms with Crippen LogP contribution < -0.4 is 10.6 Å². The molecule has 0 spiro atoms. The van der Waals surface area contributed by atoms with E-state index in [-0.39, 0.29) is 11.8 Å². The number of hydrogen-bond donors (Lipinski definition) is 3. The molecule has 0 bridgehead atoms. The Hall–Kier alpha value is -3.61. The molecule has 3 rings (SSSR count). The minimum Gasteiger partial charge on any atom is -0.467 e. The van der Waals surface area contributed by atoms with E-state index in [2.05, 4.69) is 15.6 Å². The Bertz CT molecular complexity index is 1050. The molecule has 0 saturated carbocycles. The summed E-state index contributed by atoms with van der Waals surface area (Å²) in [7, 11) is 1.32. The van der Waals surface area contributed by atoms with Gasteiger partial charge in [-0.1, -0.05) is 42.8 Å². The molecule has 0 aliphatic heterocycles. The van der Waals surface area contributed by atoms with Gasteiger partial charge in [0.2, 0.25) is 5.91 Å². The monoisotopic (exact) mass is 435 g/mol. The summed E-state index contributed by atoms with van der Waals surface area (Å²) >= 11 is 0. The topological polar surface area (TPSA) is 100 Å². The van der Waals surface area contributed by atoms with Crippen molar-refractivity contribution in [1.29, 1.82) is 0 Å². The summed E-state index contributed by atoms with van der Waals surface area (Å²) in [6.07, 6.45) is 4.78. The summed E-state index contributed by atoms with van der Waals surface area (Å²) in [5.74, 6) is -0.748. The van der Waals surface area contributed by atoms with E-state index < -0.39 is 12.0 Å². The number of rotatable bonds is 11. The number of aromatic nitrogens is 1. The van der Waals surface area contributed by atoms with E-state index >= 15 is 0 Å². The molecule has 7 heteroatoms. The van der Waals surface area contributed by atoms with Crippen molar-refractivity contribution in [3.63, 3.8) is 0 Å². The Morgan fingerprint density at radius 3 is 2.50 bits per heavy atom. The van der Waals surface area contributed by atoms with Crippen LogP contribution in [0.2, 0.25) is 0 Å². The predicted molar refractivity (Wildman–Crippen MR) is 123 cm³/mol. The largest absolute Gasteiger partial charge is 0.467 e. The summed E-state index contributed by atoms with van der Waals surface area (Å²) in [6.45, 7) is 0.556. The van der Waals surface area contributed by atoms with E-state index in [0.29, 0.717) is 31.4 Å². The molecule has 168 valence electrons. The van der Waals surface area contributed by atoms with Crippen molar-refractivity contribution in [2.75, 3.05) is 13.7 Å². The highest BCUT2D eigenvalue weighted by Gasteiger charge is 2.23. The lowest BCUT2D eigenvalue weighted by molar-refractivity contribution is -0.145. The van der Waals surface area contributed by atoms with E-state index in [1.54, 1.807) is 12.1 Å². The Balaban J connectivity index is 1.40. The average molecular weight is 436 g/mol. The zero-order valence-electron chi connectivity index (χ0n) is 18.2. The number of amides is 2. The van der Waals surface area contributed by atoms with Gasteiger partial charge < -0.3 is 20.4 Å². The van der Waals surface area contributed by atoms with Crippen LogP contribution in [-0.2, 0) is 20.7 Å². The number of unbranched alkanes of at least 4 members (excludes halogenated alkanes) is 2. The zero-order chi connectivity index (χ0) is 22.8. The normalized spacial score (nSPS) is 11.7. The second-order valence-corrected chi connectivity index (χ2v) is 7.64. The van der Waals surface area contributed by atoms with Crippen molar-refractivity contribution in [3.05, 3.63) is 71.9 Å². The maximum absolute atomic E-state index is 12.4. The summed E-state index contributed by atoms with van der Waals surface area (Å²) in [5.41, 5.74) is 2.57. The summed E-state index contributed by atoms with van der Waals surface area (Å²) in [6, 6.07) is 16.1. The van der Waals surface area contributed by atoms with Gasteiger partial charge in [0.1, 0.15) is 6.04 Å². The zero-order valence-corrected chi connectivity index (χ0v) is 18.2. The van der Waals surface area contributed by atoms with Crippen molar-refractivity contribution in [3.8, 4) is 0 Å². The number of nitrogens with one attached hydrogen (secondary N) is 3. The van der Waals surface area contributed by atoms with Crippen LogP contribution in [0.1, 0.15) is 41.6 Å². The lowest BCUT2D eigenvalue weighted by Crippen LogP contribution is -2.43. The van der Waals surface area contributed by atoms with Crippen LogP contribution in [0, 0.1) is 0 Å². The van der Waals surface area contributed by atoms with Crippen molar-refractivity contribution < 1.29 is 19.1 Å². The van der Waals surface area contributed by atoms with E-state index in [4.69, 9.17) is 4.74 Å². The van der Waals surface area contributed by atoms with E-state index in [1.807, 2.05) is 48.7 Å². The molecule has 7 nitrogen and oxygen atoms in total. The average Bonchev–Trinajstić information content (AvgIpc) is 3.23. The van der Waals surface area contributed by atoms with E-state index in [9.17, 15) is 14.4 Å². The molecule has 2 aromatic carbocycles. The Kier molecular flexibility index (Phi) is 8.43. The second kappa shape index (κ2) is 11.7. The second-order valence-electron chi connectivity index (χ2n) is 7.64. The molecule has 1 aromatic heterocycles. The van der Waals surface area contributed by atoms with Gasteiger partial charge in [0.05, 0.1) is 7.11 Å². The maximum Gasteiger partial charge on any atom is 0.328 e. The van der Waals surface area contributed by atoms with Gasteiger partial charge in [-0.15, -0.1) is 0 Å². The molecule has 1 atom stereocenters. The molecule has 0 fully saturated rings. The number of carbonyl (C=O) groups excluding carboxylic acids is 3. The third-order valence-corrected chi connectivity index (χ3v) is 5.32. The van der Waals surface area contributed by atoms with Gasteiger partial charge >= 0.3 is 5.97 Å². The fourth-order valence-electron chi connectivity index (χ4n) is 3.60. The first-order valence-electron chi connectivity index (χ1n) is 10.8.